The molecular weight excluding hydrogens is 300 g/mol. The Morgan fingerprint density at radius 2 is 2.23 bits per heavy atom. The highest BCUT2D eigenvalue weighted by Gasteiger charge is 2.23. The van der Waals surface area contributed by atoms with Crippen LogP contribution in [0.25, 0.3) is 0 Å². The molecule has 6 heteroatoms. The molecule has 1 saturated carbocycles. The molecule has 0 bridgehead atoms. The molecule has 5 nitrogen and oxygen atoms in total. The van der Waals surface area contributed by atoms with Gasteiger partial charge in [0, 0.05) is 32.2 Å². The first kappa shape index (κ1) is 15.2. The smallest absolute Gasteiger partial charge is 0.238 e. The topological polar surface area (TPSA) is 43.1 Å². The number of rotatable bonds is 6. The van der Waals surface area contributed by atoms with Gasteiger partial charge in [0.05, 0.1) is 18.3 Å². The molecule has 2 aromatic heterocycles. The maximum atomic E-state index is 12.2. The van der Waals surface area contributed by atoms with Crippen LogP contribution in [0.3, 0.4) is 0 Å². The van der Waals surface area contributed by atoms with Crippen LogP contribution in [-0.4, -0.2) is 31.0 Å². The van der Waals surface area contributed by atoms with Crippen molar-refractivity contribution in [3.63, 3.8) is 0 Å². The van der Waals surface area contributed by atoms with Crippen molar-refractivity contribution in [3.8, 4) is 0 Å². The van der Waals surface area contributed by atoms with Gasteiger partial charge in [0.15, 0.2) is 0 Å². The summed E-state index contributed by atoms with van der Waals surface area (Å²) in [4.78, 5) is 14.0. The number of aromatic nitrogens is 3. The predicted molar refractivity (Wildman–Crippen MR) is 85.5 cm³/mol. The number of alkyl halides is 1. The van der Waals surface area contributed by atoms with Crippen LogP contribution < -0.4 is 0 Å². The third-order valence-corrected chi connectivity index (χ3v) is 4.49. The fourth-order valence-corrected chi connectivity index (χ4v) is 2.98. The number of carbonyl (C=O) groups is 1. The van der Waals surface area contributed by atoms with Crippen molar-refractivity contribution in [3.05, 3.63) is 42.0 Å². The lowest BCUT2D eigenvalue weighted by atomic mass is 9.93. The molecule has 0 aromatic carbocycles. The van der Waals surface area contributed by atoms with Crippen LogP contribution in [0.2, 0.25) is 0 Å². The van der Waals surface area contributed by atoms with Crippen LogP contribution in [0.15, 0.2) is 30.7 Å². The average Bonchev–Trinajstić information content (AvgIpc) is 3.05. The number of hydrogen-bond donors (Lipinski definition) is 0. The number of hydrogen-bond acceptors (Lipinski definition) is 2. The van der Waals surface area contributed by atoms with Crippen molar-refractivity contribution < 1.29 is 4.79 Å². The van der Waals surface area contributed by atoms with Crippen molar-refractivity contribution >= 4 is 17.5 Å². The Balaban J connectivity index is 1.75. The average molecular weight is 321 g/mol. The molecule has 0 radical (unpaired) electrons. The lowest BCUT2D eigenvalue weighted by molar-refractivity contribution is -0.129. The van der Waals surface area contributed by atoms with E-state index in [1.54, 1.807) is 4.90 Å². The highest BCUT2D eigenvalue weighted by molar-refractivity contribution is 6.27. The van der Waals surface area contributed by atoms with E-state index in [-0.39, 0.29) is 11.8 Å². The molecular formula is C16H21ClN4O. The fraction of sp³-hybridized carbons (Fsp3) is 0.500. The molecule has 2 heterocycles. The summed E-state index contributed by atoms with van der Waals surface area (Å²) in [6, 6.07) is 4.52. The van der Waals surface area contributed by atoms with Gasteiger partial charge in [-0.3, -0.25) is 9.48 Å². The summed E-state index contributed by atoms with van der Waals surface area (Å²) in [6.45, 7) is 1.12. The molecule has 0 saturated heterocycles. The number of aryl methyl sites for hydroxylation is 1. The van der Waals surface area contributed by atoms with Crippen molar-refractivity contribution in [1.29, 1.82) is 0 Å². The van der Waals surface area contributed by atoms with Gasteiger partial charge in [-0.2, -0.15) is 5.10 Å². The molecule has 1 fully saturated rings. The molecule has 0 atom stereocenters. The van der Waals surface area contributed by atoms with Crippen LogP contribution in [0, 0.1) is 0 Å². The zero-order valence-electron chi connectivity index (χ0n) is 12.8. The van der Waals surface area contributed by atoms with E-state index in [0.29, 0.717) is 19.1 Å². The van der Waals surface area contributed by atoms with E-state index in [0.717, 1.165) is 11.3 Å². The van der Waals surface area contributed by atoms with Crippen LogP contribution in [0.5, 0.6) is 0 Å². The Morgan fingerprint density at radius 3 is 2.82 bits per heavy atom. The lowest BCUT2D eigenvalue weighted by Crippen LogP contribution is -2.32. The second-order valence-electron chi connectivity index (χ2n) is 5.92. The van der Waals surface area contributed by atoms with E-state index in [2.05, 4.69) is 9.78 Å². The number of halogens is 1. The molecule has 2 aromatic rings. The SMILES string of the molecule is Cn1ccc(CN(Cc2ccnn2C2CCC2)C(=O)CCl)c1. The maximum Gasteiger partial charge on any atom is 0.238 e. The zero-order valence-corrected chi connectivity index (χ0v) is 13.5. The molecule has 1 aliphatic rings. The van der Waals surface area contributed by atoms with E-state index < -0.39 is 0 Å². The summed E-state index contributed by atoms with van der Waals surface area (Å²) in [6.07, 6.45) is 9.44. The third kappa shape index (κ3) is 3.19. The zero-order chi connectivity index (χ0) is 15.5. The Bertz CT molecular complexity index is 644. The summed E-state index contributed by atoms with van der Waals surface area (Å²) in [5.74, 6) is -0.0448. The van der Waals surface area contributed by atoms with Gasteiger partial charge in [0.25, 0.3) is 0 Å². The van der Waals surface area contributed by atoms with E-state index in [1.165, 1.54) is 19.3 Å². The quantitative estimate of drug-likeness (QED) is 0.768. The van der Waals surface area contributed by atoms with Gasteiger partial charge in [0.1, 0.15) is 5.88 Å². The second-order valence-corrected chi connectivity index (χ2v) is 6.19. The van der Waals surface area contributed by atoms with Crippen molar-refractivity contribution in [2.75, 3.05) is 5.88 Å². The van der Waals surface area contributed by atoms with E-state index in [4.69, 9.17) is 11.6 Å². The molecule has 0 N–H and O–H groups in total. The Hall–Kier alpha value is -1.75. The minimum absolute atomic E-state index is 0.00436. The van der Waals surface area contributed by atoms with Crippen LogP contribution >= 0.6 is 11.6 Å². The summed E-state index contributed by atoms with van der Waals surface area (Å²) in [5.41, 5.74) is 2.19. The van der Waals surface area contributed by atoms with Crippen molar-refractivity contribution in [1.82, 2.24) is 19.2 Å². The molecule has 22 heavy (non-hydrogen) atoms. The number of nitrogens with zero attached hydrogens (tertiary/aromatic N) is 4. The molecule has 0 spiro atoms. The maximum absolute atomic E-state index is 12.2. The van der Waals surface area contributed by atoms with Crippen molar-refractivity contribution in [2.24, 2.45) is 7.05 Å². The summed E-state index contributed by atoms with van der Waals surface area (Å²) in [5, 5.41) is 4.43. The molecule has 118 valence electrons. The first-order chi connectivity index (χ1) is 10.7. The van der Waals surface area contributed by atoms with Crippen LogP contribution in [-0.2, 0) is 24.9 Å². The summed E-state index contributed by atoms with van der Waals surface area (Å²) < 4.78 is 4.06. The van der Waals surface area contributed by atoms with Gasteiger partial charge in [-0.05, 0) is 37.0 Å². The monoisotopic (exact) mass is 320 g/mol. The number of amides is 1. The Morgan fingerprint density at radius 1 is 1.41 bits per heavy atom. The predicted octanol–water partition coefficient (Wildman–Crippen LogP) is 2.71. The summed E-state index contributed by atoms with van der Waals surface area (Å²) >= 11 is 5.78. The largest absolute Gasteiger partial charge is 0.357 e. The molecule has 1 aliphatic carbocycles. The van der Waals surface area contributed by atoms with Crippen LogP contribution in [0.1, 0.15) is 36.6 Å². The van der Waals surface area contributed by atoms with Gasteiger partial charge < -0.3 is 9.47 Å². The second kappa shape index (κ2) is 6.57. The minimum atomic E-state index is -0.0492. The first-order valence-electron chi connectivity index (χ1n) is 7.64. The third-order valence-electron chi connectivity index (χ3n) is 4.26. The standard InChI is InChI=1S/C16H21ClN4O/c1-19-8-6-13(10-19)11-20(16(22)9-17)12-15-5-7-18-21(15)14-3-2-4-14/h5-8,10,14H,2-4,9,11-12H2,1H3. The van der Waals surface area contributed by atoms with Gasteiger partial charge in [-0.1, -0.05) is 0 Å². The normalized spacial score (nSPS) is 14.8. The fourth-order valence-electron chi connectivity index (χ4n) is 2.81. The molecule has 0 unspecified atom stereocenters. The number of carbonyl (C=O) groups excluding carboxylic acids is 1. The van der Waals surface area contributed by atoms with Crippen molar-refractivity contribution in [2.45, 2.75) is 38.4 Å². The first-order valence-corrected chi connectivity index (χ1v) is 8.18. The summed E-state index contributed by atoms with van der Waals surface area (Å²) in [7, 11) is 1.98. The lowest BCUT2D eigenvalue weighted by Gasteiger charge is -2.29. The van der Waals surface area contributed by atoms with Crippen LogP contribution in [0.4, 0.5) is 0 Å². The van der Waals surface area contributed by atoms with E-state index in [1.807, 2.05) is 42.3 Å². The van der Waals surface area contributed by atoms with Gasteiger partial charge in [0.2, 0.25) is 5.91 Å². The minimum Gasteiger partial charge on any atom is -0.357 e. The van der Waals surface area contributed by atoms with E-state index in [9.17, 15) is 4.79 Å². The highest BCUT2D eigenvalue weighted by atomic mass is 35.5. The van der Waals surface area contributed by atoms with Gasteiger partial charge in [-0.25, -0.2) is 0 Å². The Labute approximate surface area is 135 Å². The Kier molecular flexibility index (Phi) is 4.52. The highest BCUT2D eigenvalue weighted by Crippen LogP contribution is 2.32. The molecule has 0 aliphatic heterocycles. The van der Waals surface area contributed by atoms with E-state index >= 15 is 0 Å². The molecule has 3 rings (SSSR count). The van der Waals surface area contributed by atoms with Gasteiger partial charge in [-0.15, -0.1) is 11.6 Å². The van der Waals surface area contributed by atoms with Gasteiger partial charge >= 0.3 is 0 Å². The molecule has 1 amide bonds.